The van der Waals surface area contributed by atoms with Crippen molar-refractivity contribution in [2.24, 2.45) is 5.92 Å². The van der Waals surface area contributed by atoms with Gasteiger partial charge in [0.2, 0.25) is 5.91 Å². The first-order valence-corrected chi connectivity index (χ1v) is 8.69. The highest BCUT2D eigenvalue weighted by atomic mass is 19.1. The molecule has 1 amide bonds. The summed E-state index contributed by atoms with van der Waals surface area (Å²) in [4.78, 5) is 12.2. The lowest BCUT2D eigenvalue weighted by Gasteiger charge is -2.28. The van der Waals surface area contributed by atoms with Gasteiger partial charge in [0.05, 0.1) is 11.6 Å². The van der Waals surface area contributed by atoms with E-state index in [0.717, 1.165) is 25.7 Å². The fourth-order valence-corrected chi connectivity index (χ4v) is 3.54. The minimum absolute atomic E-state index is 0.00608. The van der Waals surface area contributed by atoms with Gasteiger partial charge in [-0.3, -0.25) is 4.79 Å². The highest BCUT2D eigenvalue weighted by Gasteiger charge is 2.24. The molecule has 0 unspecified atom stereocenters. The largest absolute Gasteiger partial charge is 0.326 e. The van der Waals surface area contributed by atoms with Crippen molar-refractivity contribution in [3.8, 4) is 6.07 Å². The number of hydrogen-bond acceptors (Lipinski definition) is 2. The molecule has 0 aromatic heterocycles. The second kappa shape index (κ2) is 7.94. The molecular weight excluding hydrogens is 315 g/mol. The molecule has 25 heavy (non-hydrogen) atoms. The van der Waals surface area contributed by atoms with Crippen LogP contribution in [-0.2, 0) is 4.79 Å². The molecule has 2 aromatic rings. The van der Waals surface area contributed by atoms with Crippen LogP contribution in [0.2, 0.25) is 0 Å². The molecule has 0 aliphatic heterocycles. The summed E-state index contributed by atoms with van der Waals surface area (Å²) in [5.41, 5.74) is 2.61. The van der Waals surface area contributed by atoms with Crippen LogP contribution >= 0.6 is 0 Å². The molecule has 0 atom stereocenters. The third-order valence-electron chi connectivity index (χ3n) is 4.96. The van der Waals surface area contributed by atoms with Crippen LogP contribution in [0.4, 0.5) is 10.1 Å². The van der Waals surface area contributed by atoms with Crippen LogP contribution in [-0.4, -0.2) is 5.91 Å². The second-order valence-electron chi connectivity index (χ2n) is 6.71. The van der Waals surface area contributed by atoms with Crippen LogP contribution in [0.25, 0.3) is 0 Å². The van der Waals surface area contributed by atoms with Gasteiger partial charge in [-0.05, 0) is 79.5 Å². The Kier molecular flexibility index (Phi) is 5.45. The Morgan fingerprint density at radius 1 is 1.04 bits per heavy atom. The maximum absolute atomic E-state index is 12.9. The zero-order valence-electron chi connectivity index (χ0n) is 14.0. The van der Waals surface area contributed by atoms with Crippen LogP contribution in [0.15, 0.2) is 48.5 Å². The van der Waals surface area contributed by atoms with Gasteiger partial charge in [-0.2, -0.15) is 5.26 Å². The molecule has 2 aromatic carbocycles. The molecular formula is C21H21FN2O. The second-order valence-corrected chi connectivity index (χ2v) is 6.71. The first-order chi connectivity index (χ1) is 12.1. The number of nitriles is 1. The molecule has 0 saturated heterocycles. The number of anilines is 1. The predicted octanol–water partition coefficient (Wildman–Crippen LogP) is 5.00. The highest BCUT2D eigenvalue weighted by molar-refractivity contribution is 5.90. The lowest BCUT2D eigenvalue weighted by Crippen LogP contribution is -2.20. The average molecular weight is 336 g/mol. The fraction of sp³-hybridized carbons (Fsp3) is 0.333. The van der Waals surface area contributed by atoms with Gasteiger partial charge < -0.3 is 5.32 Å². The monoisotopic (exact) mass is 336 g/mol. The average Bonchev–Trinajstić information content (AvgIpc) is 2.64. The normalized spacial score (nSPS) is 19.8. The quantitative estimate of drug-likeness (QED) is 0.854. The van der Waals surface area contributed by atoms with Crippen LogP contribution < -0.4 is 5.32 Å². The smallest absolute Gasteiger partial charge is 0.224 e. The van der Waals surface area contributed by atoms with Crippen LogP contribution in [0.3, 0.4) is 0 Å². The Bertz CT molecular complexity index is 754. The van der Waals surface area contributed by atoms with Crippen LogP contribution in [0.1, 0.15) is 49.1 Å². The van der Waals surface area contributed by atoms with Crippen molar-refractivity contribution in [3.05, 3.63) is 65.5 Å². The van der Waals surface area contributed by atoms with Gasteiger partial charge in [-0.1, -0.05) is 12.1 Å². The van der Waals surface area contributed by atoms with E-state index in [2.05, 4.69) is 11.4 Å². The lowest BCUT2D eigenvalue weighted by molar-refractivity contribution is -0.117. The third kappa shape index (κ3) is 4.67. The molecule has 3 nitrogen and oxygen atoms in total. The Morgan fingerprint density at radius 3 is 2.28 bits per heavy atom. The number of amides is 1. The van der Waals surface area contributed by atoms with E-state index < -0.39 is 0 Å². The molecule has 0 spiro atoms. The van der Waals surface area contributed by atoms with Gasteiger partial charge in [0.1, 0.15) is 5.82 Å². The van der Waals surface area contributed by atoms with E-state index in [1.165, 1.54) is 17.7 Å². The number of carbonyl (C=O) groups is 1. The number of carbonyl (C=O) groups excluding carboxylic acids is 1. The molecule has 1 N–H and O–H groups in total. The summed E-state index contributed by atoms with van der Waals surface area (Å²) in [5, 5.41) is 11.7. The summed E-state index contributed by atoms with van der Waals surface area (Å²) >= 11 is 0. The number of hydrogen-bond donors (Lipinski definition) is 1. The number of halogens is 1. The van der Waals surface area contributed by atoms with Gasteiger partial charge >= 0.3 is 0 Å². The van der Waals surface area contributed by atoms with Crippen molar-refractivity contribution in [1.29, 1.82) is 5.26 Å². The van der Waals surface area contributed by atoms with Crippen molar-refractivity contribution in [3.63, 3.8) is 0 Å². The van der Waals surface area contributed by atoms with E-state index in [1.54, 1.807) is 12.1 Å². The van der Waals surface area contributed by atoms with E-state index in [1.807, 2.05) is 24.3 Å². The van der Waals surface area contributed by atoms with Gasteiger partial charge in [0, 0.05) is 12.1 Å². The summed E-state index contributed by atoms with van der Waals surface area (Å²) in [7, 11) is 0. The summed E-state index contributed by atoms with van der Waals surface area (Å²) in [5.74, 6) is 0.604. The summed E-state index contributed by atoms with van der Waals surface area (Å²) < 4.78 is 12.9. The Labute approximate surface area is 147 Å². The maximum Gasteiger partial charge on any atom is 0.224 e. The summed E-state index contributed by atoms with van der Waals surface area (Å²) in [6, 6.07) is 15.8. The predicted molar refractivity (Wildman–Crippen MR) is 95.5 cm³/mol. The van der Waals surface area contributed by atoms with Gasteiger partial charge in [-0.15, -0.1) is 0 Å². The number of benzene rings is 2. The lowest BCUT2D eigenvalue weighted by atomic mass is 9.77. The Balaban J connectivity index is 1.47. The highest BCUT2D eigenvalue weighted by Crippen LogP contribution is 2.37. The van der Waals surface area contributed by atoms with Crippen molar-refractivity contribution >= 4 is 11.6 Å². The molecule has 1 aliphatic carbocycles. The minimum atomic E-state index is -0.306. The Hall–Kier alpha value is -2.67. The zero-order valence-corrected chi connectivity index (χ0v) is 14.0. The first-order valence-electron chi connectivity index (χ1n) is 8.69. The Morgan fingerprint density at radius 2 is 1.68 bits per heavy atom. The molecule has 0 heterocycles. The first kappa shape index (κ1) is 17.2. The van der Waals surface area contributed by atoms with E-state index in [9.17, 15) is 9.18 Å². The molecule has 3 rings (SSSR count). The summed E-state index contributed by atoms with van der Waals surface area (Å²) in [6.07, 6.45) is 4.71. The standard InChI is InChI=1S/C21H21FN2O/c22-19-9-11-20(12-10-19)24-21(25)13-15-1-5-17(6-2-15)18-7-3-16(14-23)4-8-18/h3-4,7-12,15,17H,1-2,5-6,13H2,(H,24,25)/t15-,17+. The van der Waals surface area contributed by atoms with Gasteiger partial charge in [0.25, 0.3) is 0 Å². The van der Waals surface area contributed by atoms with E-state index in [-0.39, 0.29) is 11.7 Å². The minimum Gasteiger partial charge on any atom is -0.326 e. The van der Waals surface area contributed by atoms with Crippen molar-refractivity contribution in [1.82, 2.24) is 0 Å². The topological polar surface area (TPSA) is 52.9 Å². The molecule has 1 aliphatic rings. The molecule has 1 saturated carbocycles. The molecule has 128 valence electrons. The van der Waals surface area contributed by atoms with E-state index >= 15 is 0 Å². The summed E-state index contributed by atoms with van der Waals surface area (Å²) in [6.45, 7) is 0. The maximum atomic E-state index is 12.9. The number of nitrogens with zero attached hydrogens (tertiary/aromatic N) is 1. The molecule has 1 fully saturated rings. The van der Waals surface area contributed by atoms with Crippen molar-refractivity contribution in [2.45, 2.75) is 38.0 Å². The SMILES string of the molecule is N#Cc1ccc([C@H]2CC[C@@H](CC(=O)Nc3ccc(F)cc3)CC2)cc1. The molecule has 0 bridgehead atoms. The van der Waals surface area contributed by atoms with E-state index in [0.29, 0.717) is 29.5 Å². The van der Waals surface area contributed by atoms with Crippen LogP contribution in [0.5, 0.6) is 0 Å². The zero-order chi connectivity index (χ0) is 17.6. The third-order valence-corrected chi connectivity index (χ3v) is 4.96. The number of nitrogens with one attached hydrogen (secondary N) is 1. The van der Waals surface area contributed by atoms with Crippen LogP contribution in [0, 0.1) is 23.1 Å². The van der Waals surface area contributed by atoms with Crippen molar-refractivity contribution < 1.29 is 9.18 Å². The number of rotatable bonds is 4. The molecule has 0 radical (unpaired) electrons. The van der Waals surface area contributed by atoms with E-state index in [4.69, 9.17) is 5.26 Å². The molecule has 4 heteroatoms. The van der Waals surface area contributed by atoms with Crippen molar-refractivity contribution in [2.75, 3.05) is 5.32 Å². The van der Waals surface area contributed by atoms with Gasteiger partial charge in [0.15, 0.2) is 0 Å². The fourth-order valence-electron chi connectivity index (χ4n) is 3.54. The van der Waals surface area contributed by atoms with Gasteiger partial charge in [-0.25, -0.2) is 4.39 Å².